The van der Waals surface area contributed by atoms with Gasteiger partial charge in [0, 0.05) is 25.0 Å². The van der Waals surface area contributed by atoms with Crippen LogP contribution in [0.4, 0.5) is 0 Å². The molecule has 0 amide bonds. The van der Waals surface area contributed by atoms with Gasteiger partial charge in [0.15, 0.2) is 0 Å². The van der Waals surface area contributed by atoms with Gasteiger partial charge >= 0.3 is 12.3 Å². The summed E-state index contributed by atoms with van der Waals surface area (Å²) in [5.41, 5.74) is 6.73. The summed E-state index contributed by atoms with van der Waals surface area (Å²) >= 11 is 13.8. The quantitative estimate of drug-likeness (QED) is 0.222. The van der Waals surface area contributed by atoms with E-state index in [0.29, 0.717) is 16.2 Å². The van der Waals surface area contributed by atoms with Gasteiger partial charge in [0.05, 0.1) is 0 Å². The standard InChI is InChI=1S/C16H23Br.C12H17Br.C4H8Br2.2CO2/c1-12-9-13(11-14(17)10-12)16(15(2,3)4)7-5-6-8-16;1-9-5-10(7-11(13)6-9)8-12(2,3)4;5-3-1-2-4-6;2*2-1-3/h9-11H,5-8H2,1-4H3;5-7H,8H2,1-4H3;1-4H2;;. The van der Waals surface area contributed by atoms with Gasteiger partial charge in [-0.05, 0) is 103 Å². The first kappa shape index (κ1) is 43.2. The van der Waals surface area contributed by atoms with Crippen LogP contribution in [0.25, 0.3) is 0 Å². The third kappa shape index (κ3) is 18.7. The van der Waals surface area contributed by atoms with Crippen molar-refractivity contribution in [2.24, 2.45) is 10.8 Å². The zero-order chi connectivity index (χ0) is 33.0. The molecule has 2 aromatic rings. The number of rotatable bonds is 5. The Morgan fingerprint density at radius 2 is 1.10 bits per heavy atom. The molecular weight excluding hydrogens is 792 g/mol. The number of carbonyl (C=O) groups excluding carboxylic acids is 4. The fourth-order valence-corrected chi connectivity index (χ4v) is 7.23. The highest BCUT2D eigenvalue weighted by molar-refractivity contribution is 9.11. The maximum absolute atomic E-state index is 8.12. The fraction of sp³-hybridized carbons (Fsp3) is 0.588. The van der Waals surface area contributed by atoms with Crippen LogP contribution in [0.15, 0.2) is 45.3 Å². The Hall–Kier alpha value is -0.880. The minimum atomic E-state index is 0.250. The molecule has 0 radical (unpaired) electrons. The number of benzene rings is 2. The fourth-order valence-electron chi connectivity index (χ4n) is 5.18. The summed E-state index contributed by atoms with van der Waals surface area (Å²) < 4.78 is 2.41. The molecule has 0 heterocycles. The van der Waals surface area contributed by atoms with Gasteiger partial charge in [-0.2, -0.15) is 19.2 Å². The van der Waals surface area contributed by atoms with Crippen LogP contribution < -0.4 is 0 Å². The first-order valence-corrected chi connectivity index (χ1v) is 17.9. The molecule has 0 aromatic heterocycles. The molecular formula is C34H48Br4O4. The van der Waals surface area contributed by atoms with E-state index < -0.39 is 0 Å². The smallest absolute Gasteiger partial charge is 0.186 e. The molecule has 0 unspecified atom stereocenters. The summed E-state index contributed by atoms with van der Waals surface area (Å²) in [4.78, 5) is 32.5. The molecule has 1 aliphatic rings. The molecule has 236 valence electrons. The van der Waals surface area contributed by atoms with Crippen LogP contribution in [0.2, 0.25) is 0 Å². The molecule has 0 N–H and O–H groups in total. The van der Waals surface area contributed by atoms with Crippen LogP contribution in [0.1, 0.15) is 102 Å². The van der Waals surface area contributed by atoms with Gasteiger partial charge in [-0.3, -0.25) is 0 Å². The van der Waals surface area contributed by atoms with E-state index in [1.54, 1.807) is 0 Å². The maximum atomic E-state index is 8.12. The lowest BCUT2D eigenvalue weighted by molar-refractivity contribution is -0.193. The Kier molecular flexibility index (Phi) is 23.3. The lowest BCUT2D eigenvalue weighted by Crippen LogP contribution is -2.37. The van der Waals surface area contributed by atoms with Crippen molar-refractivity contribution in [3.05, 3.63) is 67.6 Å². The van der Waals surface area contributed by atoms with Crippen molar-refractivity contribution in [2.75, 3.05) is 10.7 Å². The SMILES string of the molecule is BrCCCCBr.Cc1cc(Br)cc(C2(C(C)(C)C)CCCC2)c1.Cc1cc(Br)cc(CC(C)(C)C)c1.O=C=O.O=C=O. The molecule has 3 rings (SSSR count). The van der Waals surface area contributed by atoms with Crippen LogP contribution in [0.5, 0.6) is 0 Å². The van der Waals surface area contributed by atoms with Gasteiger partial charge in [-0.15, -0.1) is 0 Å². The lowest BCUT2D eigenvalue weighted by atomic mass is 9.61. The number of unbranched alkanes of at least 4 members (excludes halogenated alkanes) is 1. The molecule has 8 heteroatoms. The van der Waals surface area contributed by atoms with E-state index in [0.717, 1.165) is 17.1 Å². The number of alkyl halides is 2. The van der Waals surface area contributed by atoms with Crippen LogP contribution in [0, 0.1) is 24.7 Å². The maximum Gasteiger partial charge on any atom is 0.373 e. The Morgan fingerprint density at radius 3 is 1.43 bits per heavy atom. The van der Waals surface area contributed by atoms with Crippen molar-refractivity contribution in [2.45, 2.75) is 106 Å². The summed E-state index contributed by atoms with van der Waals surface area (Å²) in [6.07, 6.45) is 9.63. The number of hydrogen-bond donors (Lipinski definition) is 0. The van der Waals surface area contributed by atoms with Gasteiger partial charge in [0.25, 0.3) is 0 Å². The van der Waals surface area contributed by atoms with Crippen molar-refractivity contribution in [3.63, 3.8) is 0 Å². The molecule has 1 aliphatic carbocycles. The summed E-state index contributed by atoms with van der Waals surface area (Å²) in [5, 5.41) is 2.28. The molecule has 0 saturated heterocycles. The lowest BCUT2D eigenvalue weighted by Gasteiger charge is -2.43. The van der Waals surface area contributed by atoms with Crippen LogP contribution in [0.3, 0.4) is 0 Å². The van der Waals surface area contributed by atoms with Crippen molar-refractivity contribution in [1.29, 1.82) is 0 Å². The Morgan fingerprint density at radius 1 is 0.690 bits per heavy atom. The molecule has 0 spiro atoms. The van der Waals surface area contributed by atoms with Crippen LogP contribution >= 0.6 is 63.7 Å². The number of hydrogen-bond acceptors (Lipinski definition) is 4. The molecule has 4 nitrogen and oxygen atoms in total. The topological polar surface area (TPSA) is 68.3 Å². The Bertz CT molecular complexity index is 1040. The summed E-state index contributed by atoms with van der Waals surface area (Å²) in [5.74, 6) is 0. The van der Waals surface area contributed by atoms with Crippen molar-refractivity contribution in [3.8, 4) is 0 Å². The molecule has 1 saturated carbocycles. The normalized spacial score (nSPS) is 13.2. The second-order valence-electron chi connectivity index (χ2n) is 12.7. The summed E-state index contributed by atoms with van der Waals surface area (Å²) in [6, 6.07) is 13.5. The van der Waals surface area contributed by atoms with Crippen molar-refractivity contribution >= 4 is 76.0 Å². The third-order valence-corrected chi connectivity index (χ3v) is 8.88. The van der Waals surface area contributed by atoms with Gasteiger partial charge in [0.1, 0.15) is 0 Å². The Labute approximate surface area is 288 Å². The molecule has 2 aromatic carbocycles. The summed E-state index contributed by atoms with van der Waals surface area (Å²) in [6.45, 7) is 18.3. The van der Waals surface area contributed by atoms with Gasteiger partial charge in [-0.1, -0.05) is 130 Å². The predicted molar refractivity (Wildman–Crippen MR) is 187 cm³/mol. The second kappa shape index (κ2) is 22.6. The zero-order valence-electron chi connectivity index (χ0n) is 26.5. The highest BCUT2D eigenvalue weighted by Gasteiger charge is 2.45. The zero-order valence-corrected chi connectivity index (χ0v) is 32.8. The van der Waals surface area contributed by atoms with E-state index in [2.05, 4.69) is 156 Å². The average molecular weight is 840 g/mol. The minimum absolute atomic E-state index is 0.250. The van der Waals surface area contributed by atoms with Crippen LogP contribution in [-0.2, 0) is 31.0 Å². The first-order valence-electron chi connectivity index (χ1n) is 14.1. The number of halogens is 4. The molecule has 0 atom stereocenters. The molecule has 0 aliphatic heterocycles. The van der Waals surface area contributed by atoms with Crippen LogP contribution in [-0.4, -0.2) is 23.0 Å². The molecule has 0 bridgehead atoms. The van der Waals surface area contributed by atoms with Crippen molar-refractivity contribution in [1.82, 2.24) is 0 Å². The predicted octanol–water partition coefficient (Wildman–Crippen LogP) is 11.4. The summed E-state index contributed by atoms with van der Waals surface area (Å²) in [7, 11) is 0. The van der Waals surface area contributed by atoms with E-state index in [1.165, 1.54) is 69.7 Å². The highest BCUT2D eigenvalue weighted by Crippen LogP contribution is 2.53. The molecule has 42 heavy (non-hydrogen) atoms. The first-order chi connectivity index (χ1) is 19.5. The second-order valence-corrected chi connectivity index (χ2v) is 16.1. The average Bonchev–Trinajstić information content (AvgIpc) is 3.34. The van der Waals surface area contributed by atoms with E-state index in [9.17, 15) is 0 Å². The van der Waals surface area contributed by atoms with E-state index in [1.807, 2.05) is 0 Å². The highest BCUT2D eigenvalue weighted by atomic mass is 79.9. The van der Waals surface area contributed by atoms with E-state index in [4.69, 9.17) is 19.2 Å². The van der Waals surface area contributed by atoms with E-state index in [-0.39, 0.29) is 12.3 Å². The largest absolute Gasteiger partial charge is 0.373 e. The number of aryl methyl sites for hydroxylation is 2. The van der Waals surface area contributed by atoms with Gasteiger partial charge < -0.3 is 0 Å². The van der Waals surface area contributed by atoms with Gasteiger partial charge in [-0.25, -0.2) is 0 Å². The third-order valence-electron chi connectivity index (χ3n) is 6.84. The molecule has 1 fully saturated rings. The van der Waals surface area contributed by atoms with E-state index >= 15 is 0 Å². The Balaban J connectivity index is 0. The monoisotopic (exact) mass is 836 g/mol. The van der Waals surface area contributed by atoms with Crippen molar-refractivity contribution < 1.29 is 19.2 Å². The van der Waals surface area contributed by atoms with Gasteiger partial charge in [0.2, 0.25) is 0 Å². The minimum Gasteiger partial charge on any atom is -0.186 e.